The lowest BCUT2D eigenvalue weighted by Crippen LogP contribution is -2.03. The summed E-state index contributed by atoms with van der Waals surface area (Å²) in [4.78, 5) is 0. The van der Waals surface area contributed by atoms with E-state index in [4.69, 9.17) is 11.6 Å². The summed E-state index contributed by atoms with van der Waals surface area (Å²) >= 11 is 5.57. The second-order valence-corrected chi connectivity index (χ2v) is 3.89. The average Bonchev–Trinajstić information content (AvgIpc) is 2.36. The van der Waals surface area contributed by atoms with Crippen LogP contribution in [0.2, 0.25) is 5.02 Å². The Morgan fingerprint density at radius 2 is 1.00 bits per heavy atom. The molecule has 0 spiro atoms. The third kappa shape index (κ3) is 1.95. The Kier molecular flexibility index (Phi) is 3.26. The molecule has 2 aromatic rings. The molecule has 0 atom stereocenters. The largest absolute Gasteiger partial charge is 0.203 e. The molecule has 6 heteroatoms. The van der Waals surface area contributed by atoms with Gasteiger partial charge in [0.2, 0.25) is 5.82 Å². The van der Waals surface area contributed by atoms with Gasteiger partial charge in [-0.15, -0.1) is 0 Å². The van der Waals surface area contributed by atoms with Crippen LogP contribution in [0.4, 0.5) is 22.0 Å². The van der Waals surface area contributed by atoms with Gasteiger partial charge in [0.25, 0.3) is 0 Å². The zero-order chi connectivity index (χ0) is 13.4. The molecule has 0 aliphatic carbocycles. The molecule has 0 radical (unpaired) electrons. The van der Waals surface area contributed by atoms with E-state index in [0.29, 0.717) is 0 Å². The standard InChI is InChI=1S/C12H4ClF5/c13-6-3-1-5(2-4-6)7-8(14)10(16)12(18)11(17)9(7)15/h1-4H. The summed E-state index contributed by atoms with van der Waals surface area (Å²) in [6, 6.07) is 4.91. The van der Waals surface area contributed by atoms with Crippen LogP contribution >= 0.6 is 11.6 Å². The zero-order valence-corrected chi connectivity index (χ0v) is 9.33. The summed E-state index contributed by atoms with van der Waals surface area (Å²) in [6.07, 6.45) is 0. The molecule has 0 saturated carbocycles. The SMILES string of the molecule is Fc1c(F)c(F)c(-c2ccc(Cl)cc2)c(F)c1F. The molecule has 2 rings (SSSR count). The number of hydrogen-bond donors (Lipinski definition) is 0. The maximum absolute atomic E-state index is 13.4. The molecule has 0 fully saturated rings. The molecule has 0 N–H and O–H groups in total. The van der Waals surface area contributed by atoms with E-state index in [1.807, 2.05) is 0 Å². The minimum absolute atomic E-state index is 0.146. The van der Waals surface area contributed by atoms with E-state index in [2.05, 4.69) is 0 Å². The van der Waals surface area contributed by atoms with Crippen LogP contribution in [0.25, 0.3) is 11.1 Å². The first-order chi connectivity index (χ1) is 8.43. The Morgan fingerprint density at radius 1 is 0.611 bits per heavy atom. The van der Waals surface area contributed by atoms with Crippen molar-refractivity contribution < 1.29 is 22.0 Å². The van der Waals surface area contributed by atoms with Crippen LogP contribution in [-0.4, -0.2) is 0 Å². The van der Waals surface area contributed by atoms with Gasteiger partial charge in [0.05, 0.1) is 5.56 Å². The van der Waals surface area contributed by atoms with E-state index in [-0.39, 0.29) is 10.6 Å². The first kappa shape index (κ1) is 12.8. The van der Waals surface area contributed by atoms with Gasteiger partial charge in [-0.25, -0.2) is 22.0 Å². The smallest absolute Gasteiger partial charge is 0.200 e. The van der Waals surface area contributed by atoms with Gasteiger partial charge in [0.15, 0.2) is 23.3 Å². The monoisotopic (exact) mass is 278 g/mol. The Morgan fingerprint density at radius 3 is 1.44 bits per heavy atom. The van der Waals surface area contributed by atoms with Crippen molar-refractivity contribution in [3.05, 3.63) is 58.4 Å². The molecular weight excluding hydrogens is 275 g/mol. The third-order valence-electron chi connectivity index (χ3n) is 2.34. The number of hydrogen-bond acceptors (Lipinski definition) is 0. The molecule has 94 valence electrons. The maximum atomic E-state index is 13.4. The summed E-state index contributed by atoms with van der Waals surface area (Å²) in [5, 5.41) is 0.280. The van der Waals surface area contributed by atoms with Crippen LogP contribution in [0.1, 0.15) is 0 Å². The fourth-order valence-corrected chi connectivity index (χ4v) is 1.60. The summed E-state index contributed by atoms with van der Waals surface area (Å²) in [5.41, 5.74) is -1.12. The van der Waals surface area contributed by atoms with Crippen molar-refractivity contribution >= 4 is 11.6 Å². The highest BCUT2D eigenvalue weighted by Crippen LogP contribution is 2.31. The average molecular weight is 279 g/mol. The molecular formula is C12H4ClF5. The van der Waals surface area contributed by atoms with E-state index < -0.39 is 34.6 Å². The topological polar surface area (TPSA) is 0 Å². The summed E-state index contributed by atoms with van der Waals surface area (Å²) in [5.74, 6) is -9.86. The van der Waals surface area contributed by atoms with E-state index >= 15 is 0 Å². The molecule has 0 aromatic heterocycles. The Hall–Kier alpha value is -1.62. The molecule has 0 aliphatic heterocycles. The van der Waals surface area contributed by atoms with Crippen molar-refractivity contribution in [2.75, 3.05) is 0 Å². The van der Waals surface area contributed by atoms with Crippen molar-refractivity contribution in [2.24, 2.45) is 0 Å². The zero-order valence-electron chi connectivity index (χ0n) is 8.58. The van der Waals surface area contributed by atoms with Crippen LogP contribution < -0.4 is 0 Å². The highest BCUT2D eigenvalue weighted by atomic mass is 35.5. The van der Waals surface area contributed by atoms with E-state index in [9.17, 15) is 22.0 Å². The van der Waals surface area contributed by atoms with Gasteiger partial charge < -0.3 is 0 Å². The molecule has 0 unspecified atom stereocenters. The van der Waals surface area contributed by atoms with Crippen LogP contribution in [0.3, 0.4) is 0 Å². The first-order valence-corrected chi connectivity index (χ1v) is 5.08. The molecule has 0 nitrogen and oxygen atoms in total. The highest BCUT2D eigenvalue weighted by Gasteiger charge is 2.26. The van der Waals surface area contributed by atoms with Crippen molar-refractivity contribution in [3.8, 4) is 11.1 Å². The van der Waals surface area contributed by atoms with Gasteiger partial charge in [-0.05, 0) is 17.7 Å². The second kappa shape index (κ2) is 4.57. The first-order valence-electron chi connectivity index (χ1n) is 4.71. The van der Waals surface area contributed by atoms with E-state index in [1.54, 1.807) is 0 Å². The minimum atomic E-state index is -2.18. The predicted octanol–water partition coefficient (Wildman–Crippen LogP) is 4.70. The van der Waals surface area contributed by atoms with Gasteiger partial charge in [-0.3, -0.25) is 0 Å². The summed E-state index contributed by atoms with van der Waals surface area (Å²) < 4.78 is 65.7. The number of halogens is 6. The van der Waals surface area contributed by atoms with Crippen molar-refractivity contribution in [3.63, 3.8) is 0 Å². The van der Waals surface area contributed by atoms with Gasteiger partial charge >= 0.3 is 0 Å². The van der Waals surface area contributed by atoms with Crippen molar-refractivity contribution in [1.82, 2.24) is 0 Å². The second-order valence-electron chi connectivity index (χ2n) is 3.45. The fraction of sp³-hybridized carbons (Fsp3) is 0. The fourth-order valence-electron chi connectivity index (χ4n) is 1.47. The number of rotatable bonds is 1. The van der Waals surface area contributed by atoms with Crippen LogP contribution in [0.5, 0.6) is 0 Å². The molecule has 0 saturated heterocycles. The quantitative estimate of drug-likeness (QED) is 0.403. The molecule has 0 bridgehead atoms. The third-order valence-corrected chi connectivity index (χ3v) is 2.59. The van der Waals surface area contributed by atoms with Crippen LogP contribution in [0, 0.1) is 29.1 Å². The molecule has 2 aromatic carbocycles. The van der Waals surface area contributed by atoms with E-state index in [0.717, 1.165) is 0 Å². The lowest BCUT2D eigenvalue weighted by molar-refractivity contribution is 0.381. The van der Waals surface area contributed by atoms with Gasteiger partial charge in [-0.1, -0.05) is 23.7 Å². The molecule has 0 aliphatic rings. The Bertz CT molecular complexity index is 578. The van der Waals surface area contributed by atoms with Crippen LogP contribution in [-0.2, 0) is 0 Å². The van der Waals surface area contributed by atoms with E-state index in [1.165, 1.54) is 24.3 Å². The van der Waals surface area contributed by atoms with Gasteiger partial charge in [0.1, 0.15) is 0 Å². The number of benzene rings is 2. The molecule has 0 amide bonds. The van der Waals surface area contributed by atoms with Crippen molar-refractivity contribution in [1.29, 1.82) is 0 Å². The molecule has 18 heavy (non-hydrogen) atoms. The normalized spacial score (nSPS) is 10.8. The highest BCUT2D eigenvalue weighted by molar-refractivity contribution is 6.30. The summed E-state index contributed by atoms with van der Waals surface area (Å²) in [7, 11) is 0. The predicted molar refractivity (Wildman–Crippen MR) is 56.7 cm³/mol. The van der Waals surface area contributed by atoms with Crippen LogP contribution in [0.15, 0.2) is 24.3 Å². The summed E-state index contributed by atoms with van der Waals surface area (Å²) in [6.45, 7) is 0. The van der Waals surface area contributed by atoms with Crippen molar-refractivity contribution in [2.45, 2.75) is 0 Å². The Balaban J connectivity index is 2.75. The lowest BCUT2D eigenvalue weighted by atomic mass is 10.0. The maximum Gasteiger partial charge on any atom is 0.200 e. The minimum Gasteiger partial charge on any atom is -0.203 e. The Labute approximate surface area is 104 Å². The molecule has 0 heterocycles. The van der Waals surface area contributed by atoms with Gasteiger partial charge in [0, 0.05) is 5.02 Å². The van der Waals surface area contributed by atoms with Gasteiger partial charge in [-0.2, -0.15) is 0 Å². The lowest BCUT2D eigenvalue weighted by Gasteiger charge is -2.08.